The number of β-amino-alcohol motifs (C(OH)–C–C–N with tert-alkyl or cyclic N) is 2. The van der Waals surface area contributed by atoms with Crippen LogP contribution in [-0.4, -0.2) is 64.8 Å². The summed E-state index contributed by atoms with van der Waals surface area (Å²) >= 11 is 0. The van der Waals surface area contributed by atoms with Crippen LogP contribution >= 0.6 is 0 Å². The Morgan fingerprint density at radius 1 is 1.30 bits per heavy atom. The number of aliphatic hydroxyl groups is 2. The van der Waals surface area contributed by atoms with E-state index in [1.54, 1.807) is 16.8 Å². The van der Waals surface area contributed by atoms with Gasteiger partial charge in [0.15, 0.2) is 0 Å². The standard InChI is InChI=1S/C15H22N2O3/c1-11(12-6-4-3-5-7-12)16(2)15(20)10-17-8-13(18)14(19)9-17/h3-7,11,13-14,18-19H,8-10H2,1-2H3. The third-order valence-electron chi connectivity index (χ3n) is 3.95. The third kappa shape index (κ3) is 3.36. The van der Waals surface area contributed by atoms with Crippen molar-refractivity contribution in [1.29, 1.82) is 0 Å². The number of carbonyl (C=O) groups excluding carboxylic acids is 1. The maximum absolute atomic E-state index is 12.2. The Morgan fingerprint density at radius 3 is 2.40 bits per heavy atom. The van der Waals surface area contributed by atoms with Gasteiger partial charge in [-0.1, -0.05) is 30.3 Å². The van der Waals surface area contributed by atoms with Crippen molar-refractivity contribution in [2.24, 2.45) is 0 Å². The van der Waals surface area contributed by atoms with Crippen LogP contribution in [0.2, 0.25) is 0 Å². The molecule has 1 heterocycles. The van der Waals surface area contributed by atoms with Crippen molar-refractivity contribution in [1.82, 2.24) is 9.80 Å². The summed E-state index contributed by atoms with van der Waals surface area (Å²) < 4.78 is 0. The molecule has 1 aromatic carbocycles. The fraction of sp³-hybridized carbons (Fsp3) is 0.533. The summed E-state index contributed by atoms with van der Waals surface area (Å²) in [5.74, 6) is -0.0114. The van der Waals surface area contributed by atoms with Crippen LogP contribution in [0.5, 0.6) is 0 Å². The van der Waals surface area contributed by atoms with Gasteiger partial charge in [-0.15, -0.1) is 0 Å². The van der Waals surface area contributed by atoms with Gasteiger partial charge in [0.05, 0.1) is 24.8 Å². The number of carbonyl (C=O) groups is 1. The first kappa shape index (κ1) is 15.0. The molecule has 110 valence electrons. The second-order valence-electron chi connectivity index (χ2n) is 5.42. The molecule has 0 bridgehead atoms. The molecule has 1 fully saturated rings. The van der Waals surface area contributed by atoms with Crippen molar-refractivity contribution in [3.05, 3.63) is 35.9 Å². The fourth-order valence-corrected chi connectivity index (χ4v) is 2.45. The highest BCUT2D eigenvalue weighted by Gasteiger charge is 2.31. The molecule has 1 aliphatic heterocycles. The molecule has 1 amide bonds. The van der Waals surface area contributed by atoms with Crippen LogP contribution in [0.4, 0.5) is 0 Å². The van der Waals surface area contributed by atoms with E-state index < -0.39 is 12.2 Å². The number of hydrogen-bond acceptors (Lipinski definition) is 4. The van der Waals surface area contributed by atoms with Gasteiger partial charge in [0.1, 0.15) is 0 Å². The normalized spacial score (nSPS) is 24.6. The summed E-state index contributed by atoms with van der Waals surface area (Å²) in [7, 11) is 1.78. The number of nitrogens with zero attached hydrogens (tertiary/aromatic N) is 2. The zero-order valence-electron chi connectivity index (χ0n) is 11.9. The van der Waals surface area contributed by atoms with Crippen molar-refractivity contribution in [3.8, 4) is 0 Å². The van der Waals surface area contributed by atoms with E-state index in [-0.39, 0.29) is 18.5 Å². The van der Waals surface area contributed by atoms with Crippen LogP contribution < -0.4 is 0 Å². The zero-order valence-corrected chi connectivity index (χ0v) is 11.9. The lowest BCUT2D eigenvalue weighted by Crippen LogP contribution is -2.39. The SMILES string of the molecule is CC(c1ccccc1)N(C)C(=O)CN1CC(O)C(O)C1. The molecule has 1 aliphatic rings. The number of amides is 1. The van der Waals surface area contributed by atoms with E-state index in [9.17, 15) is 15.0 Å². The van der Waals surface area contributed by atoms with Gasteiger partial charge >= 0.3 is 0 Å². The van der Waals surface area contributed by atoms with Crippen LogP contribution in [0.25, 0.3) is 0 Å². The van der Waals surface area contributed by atoms with Gasteiger partial charge in [0.25, 0.3) is 0 Å². The Balaban J connectivity index is 1.92. The third-order valence-corrected chi connectivity index (χ3v) is 3.95. The number of benzene rings is 1. The molecule has 1 aromatic rings. The average molecular weight is 278 g/mol. The molecule has 5 nitrogen and oxygen atoms in total. The molecule has 20 heavy (non-hydrogen) atoms. The summed E-state index contributed by atoms with van der Waals surface area (Å²) in [6.45, 7) is 2.91. The molecule has 0 aliphatic carbocycles. The lowest BCUT2D eigenvalue weighted by molar-refractivity contribution is -0.132. The first-order chi connectivity index (χ1) is 9.49. The number of likely N-dealkylation sites (tertiary alicyclic amines) is 1. The number of rotatable bonds is 4. The van der Waals surface area contributed by atoms with Crippen molar-refractivity contribution in [2.45, 2.75) is 25.2 Å². The lowest BCUT2D eigenvalue weighted by atomic mass is 10.1. The predicted molar refractivity (Wildman–Crippen MR) is 76.1 cm³/mol. The quantitative estimate of drug-likeness (QED) is 0.828. The second-order valence-corrected chi connectivity index (χ2v) is 5.42. The van der Waals surface area contributed by atoms with Crippen LogP contribution in [0.3, 0.4) is 0 Å². The zero-order chi connectivity index (χ0) is 14.7. The van der Waals surface area contributed by atoms with Gasteiger partial charge in [-0.3, -0.25) is 9.69 Å². The lowest BCUT2D eigenvalue weighted by Gasteiger charge is -2.27. The highest BCUT2D eigenvalue weighted by Crippen LogP contribution is 2.19. The summed E-state index contributed by atoms with van der Waals surface area (Å²) in [6, 6.07) is 9.86. The highest BCUT2D eigenvalue weighted by atomic mass is 16.3. The van der Waals surface area contributed by atoms with Crippen molar-refractivity contribution in [3.63, 3.8) is 0 Å². The maximum atomic E-state index is 12.2. The van der Waals surface area contributed by atoms with E-state index in [4.69, 9.17) is 0 Å². The average Bonchev–Trinajstić information content (AvgIpc) is 2.76. The summed E-state index contributed by atoms with van der Waals surface area (Å²) in [4.78, 5) is 15.7. The minimum atomic E-state index is -0.750. The molecule has 0 aromatic heterocycles. The van der Waals surface area contributed by atoms with Crippen LogP contribution in [0, 0.1) is 0 Å². The van der Waals surface area contributed by atoms with E-state index in [1.165, 1.54) is 0 Å². The second kappa shape index (κ2) is 6.35. The van der Waals surface area contributed by atoms with Gasteiger partial charge < -0.3 is 15.1 Å². The Bertz CT molecular complexity index is 442. The van der Waals surface area contributed by atoms with E-state index in [0.717, 1.165) is 5.56 Å². The van der Waals surface area contributed by atoms with Gasteiger partial charge in [0, 0.05) is 20.1 Å². The fourth-order valence-electron chi connectivity index (χ4n) is 2.45. The van der Waals surface area contributed by atoms with Crippen LogP contribution in [-0.2, 0) is 4.79 Å². The molecule has 2 N–H and O–H groups in total. The van der Waals surface area contributed by atoms with E-state index in [2.05, 4.69) is 0 Å². The summed E-state index contributed by atoms with van der Waals surface area (Å²) in [6.07, 6.45) is -1.50. The molecule has 3 unspecified atom stereocenters. The molecule has 3 atom stereocenters. The monoisotopic (exact) mass is 278 g/mol. The van der Waals surface area contributed by atoms with Crippen molar-refractivity contribution < 1.29 is 15.0 Å². The highest BCUT2D eigenvalue weighted by molar-refractivity contribution is 5.78. The van der Waals surface area contributed by atoms with Crippen molar-refractivity contribution >= 4 is 5.91 Å². The predicted octanol–water partition coefficient (Wildman–Crippen LogP) is 0.243. The minimum Gasteiger partial charge on any atom is -0.389 e. The summed E-state index contributed by atoms with van der Waals surface area (Å²) in [5.41, 5.74) is 1.09. The first-order valence-corrected chi connectivity index (χ1v) is 6.88. The van der Waals surface area contributed by atoms with Gasteiger partial charge in [-0.05, 0) is 12.5 Å². The van der Waals surface area contributed by atoms with Crippen LogP contribution in [0.15, 0.2) is 30.3 Å². The molecular formula is C15H22N2O3. The Kier molecular flexibility index (Phi) is 4.75. The van der Waals surface area contributed by atoms with Gasteiger partial charge in [0.2, 0.25) is 5.91 Å². The Morgan fingerprint density at radius 2 is 1.85 bits per heavy atom. The topological polar surface area (TPSA) is 64.0 Å². The smallest absolute Gasteiger partial charge is 0.236 e. The molecular weight excluding hydrogens is 256 g/mol. The molecule has 0 radical (unpaired) electrons. The Hall–Kier alpha value is -1.43. The van der Waals surface area contributed by atoms with Gasteiger partial charge in [-0.2, -0.15) is 0 Å². The van der Waals surface area contributed by atoms with E-state index >= 15 is 0 Å². The van der Waals surface area contributed by atoms with Crippen LogP contribution in [0.1, 0.15) is 18.5 Å². The Labute approximate surface area is 119 Å². The molecule has 2 rings (SSSR count). The molecule has 0 saturated carbocycles. The first-order valence-electron chi connectivity index (χ1n) is 6.88. The number of hydrogen-bond donors (Lipinski definition) is 2. The largest absolute Gasteiger partial charge is 0.389 e. The molecule has 5 heteroatoms. The number of likely N-dealkylation sites (N-methyl/N-ethyl adjacent to an activating group) is 1. The van der Waals surface area contributed by atoms with E-state index in [1.807, 2.05) is 37.3 Å². The molecule has 0 spiro atoms. The minimum absolute atomic E-state index is 0.00106. The van der Waals surface area contributed by atoms with Gasteiger partial charge in [-0.25, -0.2) is 0 Å². The van der Waals surface area contributed by atoms with Crippen molar-refractivity contribution in [2.75, 3.05) is 26.7 Å². The maximum Gasteiger partial charge on any atom is 0.236 e. The summed E-state index contributed by atoms with van der Waals surface area (Å²) in [5, 5.41) is 19.0. The molecule has 1 saturated heterocycles. The van der Waals surface area contributed by atoms with E-state index in [0.29, 0.717) is 13.1 Å². The number of aliphatic hydroxyl groups excluding tert-OH is 2.